The summed E-state index contributed by atoms with van der Waals surface area (Å²) in [6.45, 7) is 4.87. The molecule has 0 unspecified atom stereocenters. The number of benzene rings is 3. The van der Waals surface area contributed by atoms with E-state index in [1.807, 2.05) is 10.3 Å². The van der Waals surface area contributed by atoms with E-state index in [1.54, 1.807) is 49.3 Å². The molecule has 6 aromatic rings. The van der Waals surface area contributed by atoms with Gasteiger partial charge in [0.25, 0.3) is 11.8 Å². The molecule has 21 heteroatoms. The number of methoxy groups -OCH3 is 1. The molecule has 0 spiro atoms. The number of pyridine rings is 1. The lowest BCUT2D eigenvalue weighted by Crippen LogP contribution is -2.25. The molecule has 336 valence electrons. The number of hydrogen-bond acceptors (Lipinski definition) is 13. The Morgan fingerprint density at radius 1 is 0.766 bits per heavy atom. The van der Waals surface area contributed by atoms with E-state index in [4.69, 9.17) is 4.74 Å². The van der Waals surface area contributed by atoms with Crippen LogP contribution in [0.25, 0.3) is 21.0 Å². The van der Waals surface area contributed by atoms with Gasteiger partial charge in [-0.25, -0.2) is 9.97 Å². The fourth-order valence-corrected chi connectivity index (χ4v) is 8.34. The maximum absolute atomic E-state index is 12.8. The summed E-state index contributed by atoms with van der Waals surface area (Å²) in [7, 11) is 1.55. The Labute approximate surface area is 370 Å². The van der Waals surface area contributed by atoms with Crippen molar-refractivity contribution in [1.29, 1.82) is 0 Å². The molecule has 0 radical (unpaired) electrons. The van der Waals surface area contributed by atoms with Crippen LogP contribution in [0.1, 0.15) is 34.1 Å². The van der Waals surface area contributed by atoms with Crippen LogP contribution in [0, 0.1) is 5.92 Å². The highest BCUT2D eigenvalue weighted by molar-refractivity contribution is 7.13. The van der Waals surface area contributed by atoms with Crippen LogP contribution in [0.5, 0.6) is 11.5 Å². The highest BCUT2D eigenvalue weighted by Gasteiger charge is 2.34. The van der Waals surface area contributed by atoms with E-state index in [1.165, 1.54) is 53.1 Å². The third-order valence-electron chi connectivity index (χ3n) is 10.0. The molecule has 2 fully saturated rings. The molecule has 3 N–H and O–H groups in total. The number of nitrogens with one attached hydrogen (secondary N) is 2. The van der Waals surface area contributed by atoms with Crippen molar-refractivity contribution >= 4 is 57.4 Å². The smallest absolute Gasteiger partial charge is 0.406 e. The van der Waals surface area contributed by atoms with E-state index < -0.39 is 30.6 Å². The number of alkyl halides is 6. The first-order valence-electron chi connectivity index (χ1n) is 19.5. The molecule has 0 saturated carbocycles. The van der Waals surface area contributed by atoms with Crippen LogP contribution in [0.3, 0.4) is 0 Å². The van der Waals surface area contributed by atoms with E-state index in [2.05, 4.69) is 46.9 Å². The zero-order valence-electron chi connectivity index (χ0n) is 33.9. The molecule has 3 aromatic carbocycles. The van der Waals surface area contributed by atoms with Gasteiger partial charge in [0.2, 0.25) is 0 Å². The first-order chi connectivity index (χ1) is 30.5. The van der Waals surface area contributed by atoms with Crippen LogP contribution >= 0.6 is 22.7 Å². The third-order valence-corrected chi connectivity index (χ3v) is 11.7. The van der Waals surface area contributed by atoms with E-state index >= 15 is 0 Å². The molecule has 0 bridgehead atoms. The number of aliphatic hydroxyl groups excluding tert-OH is 1. The summed E-state index contributed by atoms with van der Waals surface area (Å²) in [6.07, 6.45) is -4.51. The fourth-order valence-electron chi connectivity index (χ4n) is 7.05. The summed E-state index contributed by atoms with van der Waals surface area (Å²) in [4.78, 5) is 43.7. The number of rotatable bonds is 11. The van der Waals surface area contributed by atoms with E-state index in [0.717, 1.165) is 76.3 Å². The lowest BCUT2D eigenvalue weighted by atomic mass is 10.1. The van der Waals surface area contributed by atoms with Crippen molar-refractivity contribution in [2.45, 2.75) is 38.3 Å². The highest BCUT2D eigenvalue weighted by atomic mass is 32.1. The summed E-state index contributed by atoms with van der Waals surface area (Å²) in [6, 6.07) is 16.8. The molecule has 3 aromatic heterocycles. The number of ether oxygens (including phenoxy) is 3. The number of carbonyl (C=O) groups excluding carboxylic acids is 2. The van der Waals surface area contributed by atoms with Crippen molar-refractivity contribution in [3.8, 4) is 32.5 Å². The van der Waals surface area contributed by atoms with Crippen LogP contribution < -0.4 is 29.9 Å². The Morgan fingerprint density at radius 2 is 1.39 bits per heavy atom. The Balaban J connectivity index is 0.000000192. The lowest BCUT2D eigenvalue weighted by molar-refractivity contribution is -0.275. The van der Waals surface area contributed by atoms with Gasteiger partial charge in [0.05, 0.1) is 27.6 Å². The third kappa shape index (κ3) is 11.8. The average molecular weight is 928 g/mol. The first kappa shape index (κ1) is 45.7. The zero-order valence-corrected chi connectivity index (χ0v) is 35.5. The number of thiazole rings is 2. The summed E-state index contributed by atoms with van der Waals surface area (Å²) in [5.74, 6) is -0.214. The van der Waals surface area contributed by atoms with Gasteiger partial charge >= 0.3 is 12.7 Å². The number of aliphatic hydroxyl groups is 1. The molecule has 13 nitrogen and oxygen atoms in total. The number of carbonyl (C=O) groups is 2. The number of amides is 2. The second-order valence-corrected chi connectivity index (χ2v) is 16.4. The molecule has 5 heterocycles. The maximum atomic E-state index is 12.8. The molecule has 2 saturated heterocycles. The van der Waals surface area contributed by atoms with Crippen molar-refractivity contribution in [3.05, 3.63) is 113 Å². The van der Waals surface area contributed by atoms with Gasteiger partial charge in [-0.1, -0.05) is 6.92 Å². The molecule has 3 atom stereocenters. The Bertz CT molecular complexity index is 2510. The van der Waals surface area contributed by atoms with Gasteiger partial charge in [0.15, 0.2) is 0 Å². The normalized spacial score (nSPS) is 17.4. The standard InChI is InChI=1S/C22H20F3N3O4S.C21H19F3N4O2S/c1-31-19-11-28(10-18(19)29)17-7-2-13(8-16(17)20-9-26-12-33-20)21(30)27-14-3-5-15(6-4-14)32-22(23,24)25;1-13-6-8-28(12-13)18-17(20-25-7-9-31-20)10-14(11-26-18)19(29)27-15-2-4-16(5-3-15)30-21(22,23)24/h2-9,12,18-19,29H,10-11H2,1H3,(H,27,30);2-5,7,9-11,13H,6,8,12H2,1H3,(H,27,29)/t18-,19-;13-/m01/s1. The Morgan fingerprint density at radius 3 is 1.91 bits per heavy atom. The second kappa shape index (κ2) is 19.6. The fraction of sp³-hybridized carbons (Fsp3) is 0.279. The van der Waals surface area contributed by atoms with Crippen LogP contribution in [0.2, 0.25) is 0 Å². The predicted octanol–water partition coefficient (Wildman–Crippen LogP) is 9.36. The number of β-amino-alcohol motifs (C(OH)–C–C–N with tert-alkyl or cyclic N) is 1. The summed E-state index contributed by atoms with van der Waals surface area (Å²) in [5, 5.41) is 18.2. The maximum Gasteiger partial charge on any atom is 0.573 e. The number of anilines is 4. The van der Waals surface area contributed by atoms with Crippen LogP contribution in [0.4, 0.5) is 49.2 Å². The molecular formula is C43H39F6N7O6S2. The summed E-state index contributed by atoms with van der Waals surface area (Å²) in [5.41, 5.74) is 5.44. The van der Waals surface area contributed by atoms with Gasteiger partial charge in [-0.3, -0.25) is 14.6 Å². The average Bonchev–Trinajstić information content (AvgIpc) is 4.10. The van der Waals surface area contributed by atoms with Crippen molar-refractivity contribution in [1.82, 2.24) is 15.0 Å². The minimum atomic E-state index is -4.78. The molecule has 2 amide bonds. The van der Waals surface area contributed by atoms with Crippen molar-refractivity contribution in [3.63, 3.8) is 0 Å². The number of nitrogens with zero attached hydrogens (tertiary/aromatic N) is 5. The van der Waals surface area contributed by atoms with Gasteiger partial charge in [-0.2, -0.15) is 0 Å². The Hall–Kier alpha value is -6.29. The zero-order chi connectivity index (χ0) is 45.6. The van der Waals surface area contributed by atoms with E-state index in [9.17, 15) is 41.0 Å². The van der Waals surface area contributed by atoms with Crippen molar-refractivity contribution in [2.75, 3.05) is 53.7 Å². The van der Waals surface area contributed by atoms with Gasteiger partial charge in [-0.05, 0) is 85.1 Å². The number of hydrogen-bond donors (Lipinski definition) is 3. The summed E-state index contributed by atoms with van der Waals surface area (Å²) < 4.78 is 86.8. The minimum Gasteiger partial charge on any atom is -0.406 e. The molecule has 0 aliphatic carbocycles. The molecule has 64 heavy (non-hydrogen) atoms. The van der Waals surface area contributed by atoms with Crippen molar-refractivity contribution < 1.29 is 55.2 Å². The number of halogens is 6. The SMILES string of the molecule is CO[C@H]1CN(c2ccc(C(=O)Nc3ccc(OC(F)(F)F)cc3)cc2-c2cncs2)C[C@@H]1O.C[C@@H]1CCN(c2ncc(C(=O)Nc3ccc(OC(F)(F)F)cc3)cc2-c2nccs2)C1. The minimum absolute atomic E-state index is 0.313. The second-order valence-electron chi connectivity index (χ2n) is 14.7. The first-order valence-corrected chi connectivity index (χ1v) is 21.3. The van der Waals surface area contributed by atoms with Crippen LogP contribution in [0.15, 0.2) is 102 Å². The lowest BCUT2D eigenvalue weighted by Gasteiger charge is -2.22. The molecule has 2 aliphatic rings. The molecule has 2 aliphatic heterocycles. The molecular weight excluding hydrogens is 889 g/mol. The van der Waals surface area contributed by atoms with Crippen molar-refractivity contribution in [2.24, 2.45) is 5.92 Å². The predicted molar refractivity (Wildman–Crippen MR) is 230 cm³/mol. The van der Waals surface area contributed by atoms with Gasteiger partial charge in [0, 0.05) is 85.4 Å². The molecule has 8 rings (SSSR count). The monoisotopic (exact) mass is 927 g/mol. The highest BCUT2D eigenvalue weighted by Crippen LogP contribution is 2.37. The van der Waals surface area contributed by atoms with Gasteiger partial charge in [0.1, 0.15) is 28.4 Å². The Kier molecular flexibility index (Phi) is 14.0. The topological polar surface area (TPSA) is 151 Å². The van der Waals surface area contributed by atoms with Gasteiger partial charge < -0.3 is 39.8 Å². The van der Waals surface area contributed by atoms with Gasteiger partial charge in [-0.15, -0.1) is 49.0 Å². The number of aromatic nitrogens is 3. The quantitative estimate of drug-likeness (QED) is 0.107. The van der Waals surface area contributed by atoms with Crippen LogP contribution in [-0.2, 0) is 4.74 Å². The van der Waals surface area contributed by atoms with E-state index in [0.29, 0.717) is 41.5 Å². The van der Waals surface area contributed by atoms with Crippen LogP contribution in [-0.4, -0.2) is 90.1 Å². The largest absolute Gasteiger partial charge is 0.573 e. The van der Waals surface area contributed by atoms with E-state index in [-0.39, 0.29) is 17.6 Å². The summed E-state index contributed by atoms with van der Waals surface area (Å²) >= 11 is 2.88.